The highest BCUT2D eigenvalue weighted by atomic mass is 19.4. The van der Waals surface area contributed by atoms with Gasteiger partial charge in [0.1, 0.15) is 0 Å². The molecule has 3 rings (SSSR count). The largest absolute Gasteiger partial charge is 0.435 e. The second kappa shape index (κ2) is 4.48. The Balaban J connectivity index is 1.96. The summed E-state index contributed by atoms with van der Waals surface area (Å²) >= 11 is 0. The molecule has 0 saturated carbocycles. The molecule has 2 aromatic rings. The zero-order valence-electron chi connectivity index (χ0n) is 10.1. The maximum atomic E-state index is 12.6. The fourth-order valence-electron chi connectivity index (χ4n) is 2.35. The lowest BCUT2D eigenvalue weighted by atomic mass is 10.00. The third-order valence-corrected chi connectivity index (χ3v) is 3.34. The van der Waals surface area contributed by atoms with Gasteiger partial charge in [0.25, 0.3) is 0 Å². The minimum absolute atomic E-state index is 0.157. The summed E-state index contributed by atoms with van der Waals surface area (Å²) < 4.78 is 38.9. The molecule has 4 nitrogen and oxygen atoms in total. The lowest BCUT2D eigenvalue weighted by Crippen LogP contribution is -2.27. The summed E-state index contributed by atoms with van der Waals surface area (Å²) in [4.78, 5) is 4.05. The zero-order valence-corrected chi connectivity index (χ0v) is 10.1. The summed E-state index contributed by atoms with van der Waals surface area (Å²) in [6.07, 6.45) is 2.03. The van der Waals surface area contributed by atoms with Crippen LogP contribution in [0, 0.1) is 0 Å². The highest BCUT2D eigenvalue weighted by Crippen LogP contribution is 2.29. The van der Waals surface area contributed by atoms with Crippen molar-refractivity contribution >= 4 is 5.65 Å². The van der Waals surface area contributed by atoms with E-state index in [4.69, 9.17) is 0 Å². The maximum absolute atomic E-state index is 12.6. The monoisotopic (exact) mass is 270 g/mol. The molecule has 102 valence electrons. The molecule has 7 heteroatoms. The zero-order chi connectivity index (χ0) is 13.5. The van der Waals surface area contributed by atoms with Gasteiger partial charge >= 0.3 is 6.18 Å². The van der Waals surface area contributed by atoms with Crippen molar-refractivity contribution in [1.82, 2.24) is 19.9 Å². The highest BCUT2D eigenvalue weighted by molar-refractivity contribution is 5.40. The molecule has 1 aliphatic heterocycles. The number of rotatable bonds is 1. The van der Waals surface area contributed by atoms with Crippen LogP contribution < -0.4 is 5.32 Å². The number of piperidine rings is 1. The number of halogens is 3. The quantitative estimate of drug-likeness (QED) is 0.866. The smallest absolute Gasteiger partial charge is 0.310 e. The molecule has 1 aliphatic rings. The minimum Gasteiger partial charge on any atom is -0.310 e. The molecule has 0 radical (unpaired) electrons. The molecule has 1 N–H and O–H groups in total. The second-order valence-electron chi connectivity index (χ2n) is 4.72. The predicted octanol–water partition coefficient (Wildman–Crippen LogP) is 2.56. The summed E-state index contributed by atoms with van der Waals surface area (Å²) in [6, 6.07) is 1.11. The Morgan fingerprint density at radius 3 is 2.84 bits per heavy atom. The van der Waals surface area contributed by atoms with E-state index in [2.05, 4.69) is 15.4 Å². The highest BCUT2D eigenvalue weighted by Gasteiger charge is 2.34. The van der Waals surface area contributed by atoms with Gasteiger partial charge in [0, 0.05) is 30.1 Å². The van der Waals surface area contributed by atoms with E-state index < -0.39 is 11.9 Å². The predicted molar refractivity (Wildman–Crippen MR) is 62.6 cm³/mol. The van der Waals surface area contributed by atoms with Gasteiger partial charge in [0.05, 0.1) is 0 Å². The summed E-state index contributed by atoms with van der Waals surface area (Å²) in [5, 5.41) is 6.87. The van der Waals surface area contributed by atoms with Gasteiger partial charge in [-0.1, -0.05) is 6.42 Å². The molecular formula is C12H13F3N4. The van der Waals surface area contributed by atoms with Crippen LogP contribution in [0.25, 0.3) is 5.65 Å². The number of nitrogens with zero attached hydrogens (tertiary/aromatic N) is 3. The Kier molecular flexibility index (Phi) is 2.93. The van der Waals surface area contributed by atoms with Gasteiger partial charge in [-0.05, 0) is 19.4 Å². The van der Waals surface area contributed by atoms with Gasteiger partial charge in [-0.2, -0.15) is 18.3 Å². The molecule has 3 heterocycles. The van der Waals surface area contributed by atoms with Gasteiger partial charge < -0.3 is 5.32 Å². The van der Waals surface area contributed by atoms with Crippen LogP contribution in [-0.4, -0.2) is 21.1 Å². The Hall–Kier alpha value is -1.63. The van der Waals surface area contributed by atoms with E-state index in [0.717, 1.165) is 37.4 Å². The molecule has 0 amide bonds. The number of aromatic nitrogens is 3. The fourth-order valence-corrected chi connectivity index (χ4v) is 2.35. The van der Waals surface area contributed by atoms with Crippen molar-refractivity contribution < 1.29 is 13.2 Å². The van der Waals surface area contributed by atoms with Crippen LogP contribution in [0.3, 0.4) is 0 Å². The summed E-state index contributed by atoms with van der Waals surface area (Å²) in [6.45, 7) is 0.926. The van der Waals surface area contributed by atoms with Crippen molar-refractivity contribution in [2.75, 3.05) is 6.54 Å². The molecule has 0 aromatic carbocycles. The lowest BCUT2D eigenvalue weighted by molar-refractivity contribution is -0.141. The normalized spacial score (nSPS) is 20.9. The Labute approximate surface area is 107 Å². The van der Waals surface area contributed by atoms with Crippen molar-refractivity contribution in [2.45, 2.75) is 31.5 Å². The van der Waals surface area contributed by atoms with Crippen LogP contribution >= 0.6 is 0 Å². The Morgan fingerprint density at radius 2 is 2.16 bits per heavy atom. The van der Waals surface area contributed by atoms with E-state index in [1.807, 2.05) is 0 Å². The lowest BCUT2D eigenvalue weighted by Gasteiger charge is -2.23. The van der Waals surface area contributed by atoms with Gasteiger partial charge in [-0.3, -0.25) is 0 Å². The average molecular weight is 270 g/mol. The maximum Gasteiger partial charge on any atom is 0.435 e. The van der Waals surface area contributed by atoms with E-state index in [-0.39, 0.29) is 11.7 Å². The molecule has 1 fully saturated rings. The summed E-state index contributed by atoms with van der Waals surface area (Å²) in [5.74, 6) is 0. The molecule has 1 unspecified atom stereocenters. The van der Waals surface area contributed by atoms with Gasteiger partial charge in [0.2, 0.25) is 0 Å². The first-order chi connectivity index (χ1) is 9.04. The molecule has 2 aromatic heterocycles. The first-order valence-electron chi connectivity index (χ1n) is 6.20. The second-order valence-corrected chi connectivity index (χ2v) is 4.72. The standard InChI is InChI=1S/C12H13F3N4/c13-12(14,15)10-5-11-17-6-8(7-19(11)18-10)9-3-1-2-4-16-9/h5-7,9,16H,1-4H2. The number of alkyl halides is 3. The van der Waals surface area contributed by atoms with Crippen LogP contribution in [-0.2, 0) is 6.18 Å². The molecule has 0 bridgehead atoms. The molecular weight excluding hydrogens is 257 g/mol. The van der Waals surface area contributed by atoms with Crippen LogP contribution in [0.1, 0.15) is 36.6 Å². The van der Waals surface area contributed by atoms with Crippen molar-refractivity contribution in [1.29, 1.82) is 0 Å². The van der Waals surface area contributed by atoms with Gasteiger partial charge in [0.15, 0.2) is 11.3 Å². The third-order valence-electron chi connectivity index (χ3n) is 3.34. The first kappa shape index (κ1) is 12.4. The molecule has 1 atom stereocenters. The Bertz CT molecular complexity index is 584. The number of fused-ring (bicyclic) bond motifs is 1. The number of nitrogens with one attached hydrogen (secondary N) is 1. The topological polar surface area (TPSA) is 42.2 Å². The van der Waals surface area contributed by atoms with Crippen LogP contribution in [0.4, 0.5) is 13.2 Å². The van der Waals surface area contributed by atoms with E-state index >= 15 is 0 Å². The number of hydrogen-bond acceptors (Lipinski definition) is 3. The molecule has 0 aliphatic carbocycles. The number of hydrogen-bond donors (Lipinski definition) is 1. The van der Waals surface area contributed by atoms with Crippen LogP contribution in [0.2, 0.25) is 0 Å². The average Bonchev–Trinajstić information content (AvgIpc) is 2.82. The van der Waals surface area contributed by atoms with Crippen molar-refractivity contribution in [3.05, 3.63) is 29.7 Å². The van der Waals surface area contributed by atoms with Gasteiger partial charge in [-0.15, -0.1) is 0 Å². The van der Waals surface area contributed by atoms with Crippen LogP contribution in [0.5, 0.6) is 0 Å². The van der Waals surface area contributed by atoms with E-state index in [9.17, 15) is 13.2 Å². The van der Waals surface area contributed by atoms with Crippen molar-refractivity contribution in [3.8, 4) is 0 Å². The molecule has 19 heavy (non-hydrogen) atoms. The minimum atomic E-state index is -4.43. The van der Waals surface area contributed by atoms with E-state index in [1.54, 1.807) is 12.4 Å². The molecule has 1 saturated heterocycles. The first-order valence-corrected chi connectivity index (χ1v) is 6.20. The van der Waals surface area contributed by atoms with E-state index in [0.29, 0.717) is 0 Å². The summed E-state index contributed by atoms with van der Waals surface area (Å²) in [5.41, 5.74) is 0.185. The van der Waals surface area contributed by atoms with Gasteiger partial charge in [-0.25, -0.2) is 9.50 Å². The van der Waals surface area contributed by atoms with Crippen molar-refractivity contribution in [3.63, 3.8) is 0 Å². The fraction of sp³-hybridized carbons (Fsp3) is 0.500. The Morgan fingerprint density at radius 1 is 1.32 bits per heavy atom. The molecule has 0 spiro atoms. The van der Waals surface area contributed by atoms with Crippen LogP contribution in [0.15, 0.2) is 18.5 Å². The van der Waals surface area contributed by atoms with E-state index in [1.165, 1.54) is 4.52 Å². The third kappa shape index (κ3) is 2.42. The summed E-state index contributed by atoms with van der Waals surface area (Å²) in [7, 11) is 0. The SMILES string of the molecule is FC(F)(F)c1cc2ncc(C3CCCCN3)cn2n1. The van der Waals surface area contributed by atoms with Crippen molar-refractivity contribution in [2.24, 2.45) is 0 Å².